The summed E-state index contributed by atoms with van der Waals surface area (Å²) in [5.41, 5.74) is 2.25. The third-order valence-corrected chi connectivity index (χ3v) is 4.54. The molecule has 0 radical (unpaired) electrons. The number of para-hydroxylation sites is 1. The number of phenolic OH excluding ortho intramolecular Hbond substituents is 1. The third-order valence-electron chi connectivity index (χ3n) is 4.54. The fourth-order valence-electron chi connectivity index (χ4n) is 3.08. The van der Waals surface area contributed by atoms with E-state index in [1.165, 1.54) is 0 Å². The predicted octanol–water partition coefficient (Wildman–Crippen LogP) is 3.30. The number of aromatic hydroxyl groups is 1. The molecule has 23 heavy (non-hydrogen) atoms. The van der Waals surface area contributed by atoms with Crippen molar-refractivity contribution in [1.29, 1.82) is 0 Å². The fraction of sp³-hybridized carbons (Fsp3) is 0.278. The van der Waals surface area contributed by atoms with Crippen LogP contribution in [0.5, 0.6) is 17.2 Å². The number of ether oxygens (including phenoxy) is 2. The molecule has 0 atom stereocenters. The van der Waals surface area contributed by atoms with Crippen molar-refractivity contribution in [2.24, 2.45) is 0 Å². The number of fused-ring (bicyclic) bond motifs is 1. The van der Waals surface area contributed by atoms with Gasteiger partial charge in [-0.05, 0) is 31.4 Å². The number of anilines is 1. The molecule has 2 aromatic rings. The van der Waals surface area contributed by atoms with Crippen LogP contribution in [0.25, 0.3) is 11.1 Å². The highest BCUT2D eigenvalue weighted by molar-refractivity contribution is 5.90. The molecular formula is C18H17NO4. The molecule has 2 aromatic carbocycles. The van der Waals surface area contributed by atoms with Gasteiger partial charge in [-0.2, -0.15) is 0 Å². The maximum absolute atomic E-state index is 11.6. The summed E-state index contributed by atoms with van der Waals surface area (Å²) in [7, 11) is 0. The molecule has 1 fully saturated rings. The van der Waals surface area contributed by atoms with Crippen molar-refractivity contribution in [1.82, 2.24) is 0 Å². The normalized spacial score (nSPS) is 16.0. The summed E-state index contributed by atoms with van der Waals surface area (Å²) >= 11 is 0. The molecule has 0 unspecified atom stereocenters. The SMILES string of the molecule is O=CN(c1ccccc1-c1cc2c(cc1O)OCO2)C1CCC1. The van der Waals surface area contributed by atoms with E-state index < -0.39 is 0 Å². The van der Waals surface area contributed by atoms with E-state index in [0.717, 1.165) is 36.9 Å². The Bertz CT molecular complexity index is 755. The summed E-state index contributed by atoms with van der Waals surface area (Å²) in [6.07, 6.45) is 4.06. The molecule has 0 bridgehead atoms. The van der Waals surface area contributed by atoms with Crippen LogP contribution < -0.4 is 14.4 Å². The Morgan fingerprint density at radius 2 is 1.83 bits per heavy atom. The van der Waals surface area contributed by atoms with Crippen LogP contribution >= 0.6 is 0 Å². The number of benzene rings is 2. The van der Waals surface area contributed by atoms with E-state index >= 15 is 0 Å². The first-order valence-corrected chi connectivity index (χ1v) is 7.73. The van der Waals surface area contributed by atoms with Crippen molar-refractivity contribution in [2.75, 3.05) is 11.7 Å². The Morgan fingerprint density at radius 1 is 1.09 bits per heavy atom. The minimum Gasteiger partial charge on any atom is -0.507 e. The minimum atomic E-state index is 0.112. The van der Waals surface area contributed by atoms with E-state index in [1.807, 2.05) is 24.3 Å². The lowest BCUT2D eigenvalue weighted by atomic mass is 9.90. The molecule has 1 heterocycles. The largest absolute Gasteiger partial charge is 0.507 e. The monoisotopic (exact) mass is 311 g/mol. The average molecular weight is 311 g/mol. The van der Waals surface area contributed by atoms with E-state index in [4.69, 9.17) is 9.47 Å². The van der Waals surface area contributed by atoms with E-state index in [2.05, 4.69) is 0 Å². The second-order valence-corrected chi connectivity index (χ2v) is 5.84. The topological polar surface area (TPSA) is 59.0 Å². The van der Waals surface area contributed by atoms with E-state index in [-0.39, 0.29) is 18.6 Å². The number of nitrogens with zero attached hydrogens (tertiary/aromatic N) is 1. The van der Waals surface area contributed by atoms with Crippen LogP contribution in [0.15, 0.2) is 36.4 Å². The third kappa shape index (κ3) is 2.29. The Balaban J connectivity index is 1.82. The lowest BCUT2D eigenvalue weighted by Crippen LogP contribution is -2.39. The first kappa shape index (κ1) is 13.9. The molecule has 1 aliphatic carbocycles. The summed E-state index contributed by atoms with van der Waals surface area (Å²) in [6, 6.07) is 11.2. The van der Waals surface area contributed by atoms with Crippen LogP contribution in [0, 0.1) is 0 Å². The lowest BCUT2D eigenvalue weighted by molar-refractivity contribution is -0.108. The number of rotatable bonds is 4. The molecule has 4 rings (SSSR count). The molecule has 5 heteroatoms. The van der Waals surface area contributed by atoms with Crippen molar-refractivity contribution < 1.29 is 19.4 Å². The lowest BCUT2D eigenvalue weighted by Gasteiger charge is -2.36. The van der Waals surface area contributed by atoms with Crippen LogP contribution in [0.3, 0.4) is 0 Å². The number of hydrogen-bond donors (Lipinski definition) is 1. The molecule has 118 valence electrons. The fourth-order valence-corrected chi connectivity index (χ4v) is 3.08. The van der Waals surface area contributed by atoms with Crippen LogP contribution in [0.4, 0.5) is 5.69 Å². The summed E-state index contributed by atoms with van der Waals surface area (Å²) in [5.74, 6) is 1.25. The molecule has 0 saturated heterocycles. The second kappa shape index (κ2) is 5.50. The van der Waals surface area contributed by atoms with Crippen molar-refractivity contribution in [3.63, 3.8) is 0 Å². The highest BCUT2D eigenvalue weighted by Gasteiger charge is 2.27. The summed E-state index contributed by atoms with van der Waals surface area (Å²) in [5, 5.41) is 10.4. The van der Waals surface area contributed by atoms with Gasteiger partial charge >= 0.3 is 0 Å². The van der Waals surface area contributed by atoms with Crippen molar-refractivity contribution in [3.8, 4) is 28.4 Å². The van der Waals surface area contributed by atoms with Crippen molar-refractivity contribution in [3.05, 3.63) is 36.4 Å². The number of carbonyl (C=O) groups is 1. The van der Waals surface area contributed by atoms with Gasteiger partial charge < -0.3 is 19.5 Å². The van der Waals surface area contributed by atoms with Gasteiger partial charge in [-0.1, -0.05) is 18.2 Å². The van der Waals surface area contributed by atoms with Crippen LogP contribution in [-0.4, -0.2) is 24.4 Å². The van der Waals surface area contributed by atoms with Gasteiger partial charge in [0.05, 0.1) is 5.69 Å². The number of carbonyl (C=O) groups excluding carboxylic acids is 1. The van der Waals surface area contributed by atoms with Gasteiger partial charge in [0.2, 0.25) is 13.2 Å². The zero-order valence-corrected chi connectivity index (χ0v) is 12.6. The Kier molecular flexibility index (Phi) is 3.33. The van der Waals surface area contributed by atoms with Gasteiger partial charge in [0, 0.05) is 23.2 Å². The maximum Gasteiger partial charge on any atom is 0.231 e. The molecule has 2 aliphatic rings. The minimum absolute atomic E-state index is 0.112. The van der Waals surface area contributed by atoms with E-state index in [0.29, 0.717) is 17.1 Å². The number of phenols is 1. The smallest absolute Gasteiger partial charge is 0.231 e. The van der Waals surface area contributed by atoms with Crippen LogP contribution in [-0.2, 0) is 4.79 Å². The van der Waals surface area contributed by atoms with Gasteiger partial charge in [0.25, 0.3) is 0 Å². The van der Waals surface area contributed by atoms with E-state index in [1.54, 1.807) is 17.0 Å². The Hall–Kier alpha value is -2.69. The van der Waals surface area contributed by atoms with Gasteiger partial charge in [-0.15, -0.1) is 0 Å². The molecule has 0 spiro atoms. The second-order valence-electron chi connectivity index (χ2n) is 5.84. The molecular weight excluding hydrogens is 294 g/mol. The standard InChI is InChI=1S/C18H17NO4/c20-10-19(12-4-3-5-12)15-7-2-1-6-13(15)14-8-17-18(9-16(14)21)23-11-22-17/h1-2,6-10,12,21H,3-5,11H2. The Labute approximate surface area is 134 Å². The molecule has 1 amide bonds. The van der Waals surface area contributed by atoms with Crippen molar-refractivity contribution >= 4 is 12.1 Å². The van der Waals surface area contributed by atoms with Gasteiger partial charge in [0.1, 0.15) is 5.75 Å². The average Bonchev–Trinajstić information content (AvgIpc) is 2.97. The maximum atomic E-state index is 11.6. The zero-order chi connectivity index (χ0) is 15.8. The van der Waals surface area contributed by atoms with Gasteiger partial charge in [-0.25, -0.2) is 0 Å². The highest BCUT2D eigenvalue weighted by atomic mass is 16.7. The number of hydrogen-bond acceptors (Lipinski definition) is 4. The zero-order valence-electron chi connectivity index (χ0n) is 12.6. The van der Waals surface area contributed by atoms with E-state index in [9.17, 15) is 9.90 Å². The molecule has 0 aromatic heterocycles. The molecule has 1 saturated carbocycles. The Morgan fingerprint density at radius 3 is 2.52 bits per heavy atom. The van der Waals surface area contributed by atoms with Crippen LogP contribution in [0.1, 0.15) is 19.3 Å². The predicted molar refractivity (Wildman–Crippen MR) is 85.8 cm³/mol. The summed E-state index contributed by atoms with van der Waals surface area (Å²) < 4.78 is 10.7. The molecule has 5 nitrogen and oxygen atoms in total. The summed E-state index contributed by atoms with van der Waals surface area (Å²) in [4.78, 5) is 13.4. The van der Waals surface area contributed by atoms with Crippen LogP contribution in [0.2, 0.25) is 0 Å². The first-order valence-electron chi connectivity index (χ1n) is 7.73. The highest BCUT2D eigenvalue weighted by Crippen LogP contribution is 2.45. The first-order chi connectivity index (χ1) is 11.3. The van der Waals surface area contributed by atoms with Gasteiger partial charge in [0.15, 0.2) is 11.5 Å². The summed E-state index contributed by atoms with van der Waals surface area (Å²) in [6.45, 7) is 0.155. The molecule has 1 N–H and O–H groups in total. The number of amides is 1. The van der Waals surface area contributed by atoms with Crippen molar-refractivity contribution in [2.45, 2.75) is 25.3 Å². The van der Waals surface area contributed by atoms with Gasteiger partial charge in [-0.3, -0.25) is 4.79 Å². The quantitative estimate of drug-likeness (QED) is 0.880. The molecule has 1 aliphatic heterocycles.